The van der Waals surface area contributed by atoms with Crippen molar-refractivity contribution in [3.8, 4) is 5.75 Å². The van der Waals surface area contributed by atoms with Crippen LogP contribution in [-0.4, -0.2) is 25.0 Å². The molecular formula is C17H24N2O3. The van der Waals surface area contributed by atoms with Gasteiger partial charge in [0.25, 0.3) is 0 Å². The molecule has 2 N–H and O–H groups in total. The van der Waals surface area contributed by atoms with E-state index in [4.69, 9.17) is 4.74 Å². The van der Waals surface area contributed by atoms with E-state index in [0.717, 1.165) is 11.3 Å². The van der Waals surface area contributed by atoms with Crippen molar-refractivity contribution >= 4 is 11.8 Å². The van der Waals surface area contributed by atoms with Crippen molar-refractivity contribution in [3.05, 3.63) is 29.8 Å². The third-order valence-corrected chi connectivity index (χ3v) is 3.91. The first-order valence-electron chi connectivity index (χ1n) is 7.55. The van der Waals surface area contributed by atoms with Gasteiger partial charge in [0.2, 0.25) is 11.8 Å². The van der Waals surface area contributed by atoms with Crippen LogP contribution < -0.4 is 15.4 Å². The molecule has 1 aliphatic rings. The van der Waals surface area contributed by atoms with Crippen LogP contribution in [0.2, 0.25) is 0 Å². The summed E-state index contributed by atoms with van der Waals surface area (Å²) in [5, 5.41) is 5.79. The van der Waals surface area contributed by atoms with Gasteiger partial charge in [-0.15, -0.1) is 0 Å². The number of rotatable bonds is 4. The molecule has 0 spiro atoms. The van der Waals surface area contributed by atoms with Crippen molar-refractivity contribution in [1.82, 2.24) is 10.6 Å². The zero-order valence-electron chi connectivity index (χ0n) is 13.6. The molecule has 5 nitrogen and oxygen atoms in total. The molecule has 2 rings (SSSR count). The fourth-order valence-electron chi connectivity index (χ4n) is 2.72. The Hall–Kier alpha value is -2.04. The molecule has 0 aliphatic carbocycles. The van der Waals surface area contributed by atoms with Gasteiger partial charge in [-0.3, -0.25) is 9.59 Å². The second kappa shape index (κ2) is 6.38. The molecule has 1 saturated heterocycles. The summed E-state index contributed by atoms with van der Waals surface area (Å²) >= 11 is 0. The van der Waals surface area contributed by atoms with Gasteiger partial charge < -0.3 is 15.4 Å². The first-order valence-corrected chi connectivity index (χ1v) is 7.55. The number of para-hydroxylation sites is 1. The van der Waals surface area contributed by atoms with E-state index >= 15 is 0 Å². The highest BCUT2D eigenvalue weighted by Crippen LogP contribution is 2.37. The maximum atomic E-state index is 12.5. The number of hydrogen-bond donors (Lipinski definition) is 2. The van der Waals surface area contributed by atoms with Gasteiger partial charge in [0.15, 0.2) is 0 Å². The molecule has 0 aromatic heterocycles. The van der Waals surface area contributed by atoms with E-state index in [9.17, 15) is 9.59 Å². The molecule has 22 heavy (non-hydrogen) atoms. The van der Waals surface area contributed by atoms with Crippen molar-refractivity contribution in [1.29, 1.82) is 0 Å². The highest BCUT2D eigenvalue weighted by atomic mass is 16.5. The molecule has 1 aromatic rings. The minimum atomic E-state index is -0.438. The van der Waals surface area contributed by atoms with Crippen LogP contribution in [0.5, 0.6) is 5.75 Å². The Morgan fingerprint density at radius 2 is 2.05 bits per heavy atom. The second-order valence-corrected chi connectivity index (χ2v) is 6.71. The van der Waals surface area contributed by atoms with Gasteiger partial charge in [0.05, 0.1) is 13.2 Å². The summed E-state index contributed by atoms with van der Waals surface area (Å²) in [6, 6.07) is 7.04. The topological polar surface area (TPSA) is 67.4 Å². The summed E-state index contributed by atoms with van der Waals surface area (Å²) in [6.07, 6.45) is 0.959. The van der Waals surface area contributed by atoms with Crippen LogP contribution in [0.15, 0.2) is 24.3 Å². The predicted octanol–water partition coefficient (Wildman–Crippen LogP) is 2.18. The van der Waals surface area contributed by atoms with Crippen molar-refractivity contribution in [2.75, 3.05) is 7.11 Å². The van der Waals surface area contributed by atoms with E-state index in [1.807, 2.05) is 24.3 Å². The van der Waals surface area contributed by atoms with E-state index in [-0.39, 0.29) is 23.3 Å². The number of carbonyl (C=O) groups is 2. The number of benzene rings is 1. The normalized spacial score (nSPS) is 19.5. The van der Waals surface area contributed by atoms with E-state index in [2.05, 4.69) is 31.4 Å². The molecule has 5 heteroatoms. The SMILES string of the molecule is COc1ccccc1C(NC(=O)[C@H]1CCC(=O)N1)C(C)(C)C. The Morgan fingerprint density at radius 3 is 2.59 bits per heavy atom. The molecule has 0 bridgehead atoms. The summed E-state index contributed by atoms with van der Waals surface area (Å²) in [4.78, 5) is 23.8. The summed E-state index contributed by atoms with van der Waals surface area (Å²) in [5.74, 6) is 0.541. The van der Waals surface area contributed by atoms with Crippen LogP contribution in [0.4, 0.5) is 0 Å². The predicted molar refractivity (Wildman–Crippen MR) is 84.5 cm³/mol. The molecule has 0 radical (unpaired) electrons. The summed E-state index contributed by atoms with van der Waals surface area (Å²) < 4.78 is 5.42. The first-order chi connectivity index (χ1) is 10.3. The summed E-state index contributed by atoms with van der Waals surface area (Å²) in [6.45, 7) is 6.20. The Kier molecular flexibility index (Phi) is 4.74. The lowest BCUT2D eigenvalue weighted by molar-refractivity contribution is -0.126. The minimum Gasteiger partial charge on any atom is -0.496 e. The monoisotopic (exact) mass is 304 g/mol. The van der Waals surface area contributed by atoms with Gasteiger partial charge in [0, 0.05) is 12.0 Å². The highest BCUT2D eigenvalue weighted by molar-refractivity contribution is 5.91. The standard InChI is InChI=1S/C17H24N2O3/c1-17(2,3)15(11-7-5-6-8-13(11)22-4)19-16(21)12-9-10-14(20)18-12/h5-8,12,15H,9-10H2,1-4H3,(H,18,20)(H,19,21)/t12-,15?/m1/s1. The lowest BCUT2D eigenvalue weighted by Gasteiger charge is -2.33. The van der Waals surface area contributed by atoms with Crippen molar-refractivity contribution in [3.63, 3.8) is 0 Å². The Morgan fingerprint density at radius 1 is 1.36 bits per heavy atom. The average molecular weight is 304 g/mol. The van der Waals surface area contributed by atoms with Gasteiger partial charge in [-0.25, -0.2) is 0 Å². The molecule has 1 unspecified atom stereocenters. The third-order valence-electron chi connectivity index (χ3n) is 3.91. The second-order valence-electron chi connectivity index (χ2n) is 6.71. The zero-order valence-corrected chi connectivity index (χ0v) is 13.6. The molecule has 1 fully saturated rings. The average Bonchev–Trinajstić information content (AvgIpc) is 2.90. The Labute approximate surface area is 131 Å². The molecule has 1 aromatic carbocycles. The maximum absolute atomic E-state index is 12.5. The van der Waals surface area contributed by atoms with E-state index < -0.39 is 6.04 Å². The first kappa shape index (κ1) is 16.3. The quantitative estimate of drug-likeness (QED) is 0.896. The van der Waals surface area contributed by atoms with E-state index in [0.29, 0.717) is 12.8 Å². The Balaban J connectivity index is 2.24. The third kappa shape index (κ3) is 3.59. The fourth-order valence-corrected chi connectivity index (χ4v) is 2.72. The number of methoxy groups -OCH3 is 1. The lowest BCUT2D eigenvalue weighted by atomic mass is 9.81. The summed E-state index contributed by atoms with van der Waals surface area (Å²) in [7, 11) is 1.62. The van der Waals surface area contributed by atoms with E-state index in [1.54, 1.807) is 7.11 Å². The van der Waals surface area contributed by atoms with Crippen LogP contribution in [0.25, 0.3) is 0 Å². The molecule has 0 saturated carbocycles. The molecule has 1 aliphatic heterocycles. The van der Waals surface area contributed by atoms with Gasteiger partial charge in [-0.1, -0.05) is 39.0 Å². The number of ether oxygens (including phenoxy) is 1. The smallest absolute Gasteiger partial charge is 0.243 e. The number of nitrogens with one attached hydrogen (secondary N) is 2. The molecule has 2 atom stereocenters. The number of amides is 2. The van der Waals surface area contributed by atoms with Crippen LogP contribution in [0, 0.1) is 5.41 Å². The molecular weight excluding hydrogens is 280 g/mol. The lowest BCUT2D eigenvalue weighted by Crippen LogP contribution is -2.46. The van der Waals surface area contributed by atoms with Gasteiger partial charge >= 0.3 is 0 Å². The largest absolute Gasteiger partial charge is 0.496 e. The van der Waals surface area contributed by atoms with Crippen LogP contribution in [-0.2, 0) is 9.59 Å². The van der Waals surface area contributed by atoms with Gasteiger partial charge in [-0.05, 0) is 17.9 Å². The molecule has 120 valence electrons. The van der Waals surface area contributed by atoms with E-state index in [1.165, 1.54) is 0 Å². The molecule has 1 heterocycles. The number of carbonyl (C=O) groups excluding carboxylic acids is 2. The zero-order chi connectivity index (χ0) is 16.3. The minimum absolute atomic E-state index is 0.0650. The van der Waals surface area contributed by atoms with Crippen LogP contribution in [0.3, 0.4) is 0 Å². The van der Waals surface area contributed by atoms with Crippen molar-refractivity contribution in [2.45, 2.75) is 45.7 Å². The Bertz CT molecular complexity index is 563. The van der Waals surface area contributed by atoms with Crippen molar-refractivity contribution < 1.29 is 14.3 Å². The van der Waals surface area contributed by atoms with Crippen LogP contribution >= 0.6 is 0 Å². The number of hydrogen-bond acceptors (Lipinski definition) is 3. The maximum Gasteiger partial charge on any atom is 0.243 e. The highest BCUT2D eigenvalue weighted by Gasteiger charge is 2.34. The van der Waals surface area contributed by atoms with Gasteiger partial charge in [0.1, 0.15) is 11.8 Å². The summed E-state index contributed by atoms with van der Waals surface area (Å²) in [5.41, 5.74) is 0.752. The fraction of sp³-hybridized carbons (Fsp3) is 0.529. The van der Waals surface area contributed by atoms with Gasteiger partial charge in [-0.2, -0.15) is 0 Å². The van der Waals surface area contributed by atoms with Crippen molar-refractivity contribution in [2.24, 2.45) is 5.41 Å². The molecule has 2 amide bonds. The van der Waals surface area contributed by atoms with Crippen LogP contribution in [0.1, 0.15) is 45.2 Å².